The Balaban J connectivity index is 1.26. The van der Waals surface area contributed by atoms with Gasteiger partial charge in [-0.1, -0.05) is 0 Å². The molecule has 2 aliphatic heterocycles. The fourth-order valence-corrected chi connectivity index (χ4v) is 1.88. The Labute approximate surface area is 139 Å². The van der Waals surface area contributed by atoms with Crippen LogP contribution in [0.3, 0.4) is 0 Å². The van der Waals surface area contributed by atoms with Crippen LogP contribution in [0.4, 0.5) is 9.59 Å². The van der Waals surface area contributed by atoms with Crippen LogP contribution in [0.5, 0.6) is 0 Å². The average Bonchev–Trinajstić information content (AvgIpc) is 3.17. The first kappa shape index (κ1) is 18.7. The minimum atomic E-state index is -0.654. The third-order valence-electron chi connectivity index (χ3n) is 3.02. The second-order valence-corrected chi connectivity index (χ2v) is 4.98. The Kier molecular flexibility index (Phi) is 8.60. The van der Waals surface area contributed by atoms with Crippen LogP contribution in [0.15, 0.2) is 0 Å². The van der Waals surface area contributed by atoms with Crippen molar-refractivity contribution in [3.8, 4) is 0 Å². The van der Waals surface area contributed by atoms with Crippen molar-refractivity contribution >= 4 is 12.3 Å². The first-order valence-electron chi connectivity index (χ1n) is 7.72. The molecule has 0 aromatic heterocycles. The Morgan fingerprint density at radius 3 is 1.38 bits per heavy atom. The molecule has 0 saturated carbocycles. The van der Waals surface area contributed by atoms with Gasteiger partial charge >= 0.3 is 12.3 Å². The quantitative estimate of drug-likeness (QED) is 0.336. The van der Waals surface area contributed by atoms with E-state index in [1.165, 1.54) is 0 Å². The molecule has 2 aliphatic rings. The van der Waals surface area contributed by atoms with Crippen molar-refractivity contribution in [2.75, 3.05) is 66.1 Å². The lowest BCUT2D eigenvalue weighted by molar-refractivity contribution is -0.0198. The molecule has 2 fully saturated rings. The molecule has 0 aromatic rings. The number of rotatable bonds is 13. The van der Waals surface area contributed by atoms with Gasteiger partial charge in [0, 0.05) is 0 Å². The van der Waals surface area contributed by atoms with Crippen LogP contribution in [0.25, 0.3) is 0 Å². The van der Waals surface area contributed by atoms with Gasteiger partial charge in [-0.25, -0.2) is 9.59 Å². The van der Waals surface area contributed by atoms with Crippen LogP contribution in [0.1, 0.15) is 0 Å². The Morgan fingerprint density at radius 2 is 1.04 bits per heavy atom. The van der Waals surface area contributed by atoms with Crippen LogP contribution in [-0.4, -0.2) is 90.6 Å². The van der Waals surface area contributed by atoms with Gasteiger partial charge in [-0.2, -0.15) is 0 Å². The SMILES string of the molecule is O=C1OCC(COCCOCCOCCOCC2COC(=O)O2)O1. The predicted octanol–water partition coefficient (Wildman–Crippen LogP) is 0.124. The first-order valence-corrected chi connectivity index (χ1v) is 7.72. The summed E-state index contributed by atoms with van der Waals surface area (Å²) in [4.78, 5) is 21.3. The molecule has 2 atom stereocenters. The maximum absolute atomic E-state index is 10.7. The minimum Gasteiger partial charge on any atom is -0.430 e. The second kappa shape index (κ2) is 11.0. The highest BCUT2D eigenvalue weighted by atomic mass is 16.8. The highest BCUT2D eigenvalue weighted by molar-refractivity contribution is 5.62. The minimum absolute atomic E-state index is 0.228. The smallest absolute Gasteiger partial charge is 0.430 e. The van der Waals surface area contributed by atoms with E-state index < -0.39 is 12.3 Å². The van der Waals surface area contributed by atoms with Gasteiger partial charge in [0.25, 0.3) is 0 Å². The Morgan fingerprint density at radius 1 is 0.667 bits per heavy atom. The van der Waals surface area contributed by atoms with Crippen LogP contribution >= 0.6 is 0 Å². The van der Waals surface area contributed by atoms with Gasteiger partial charge in [0.2, 0.25) is 0 Å². The molecule has 0 aliphatic carbocycles. The average molecular weight is 350 g/mol. The van der Waals surface area contributed by atoms with Gasteiger partial charge < -0.3 is 37.9 Å². The van der Waals surface area contributed by atoms with Crippen molar-refractivity contribution in [2.24, 2.45) is 0 Å². The van der Waals surface area contributed by atoms with Crippen molar-refractivity contribution in [2.45, 2.75) is 12.2 Å². The Bertz CT molecular complexity index is 352. The van der Waals surface area contributed by atoms with Gasteiger partial charge in [-0.15, -0.1) is 0 Å². The number of carbonyl (C=O) groups excluding carboxylic acids is 2. The Hall–Kier alpha value is -1.62. The summed E-state index contributed by atoms with van der Waals surface area (Å²) in [5.41, 5.74) is 0. The maximum Gasteiger partial charge on any atom is 0.508 e. The number of ether oxygens (including phenoxy) is 8. The lowest BCUT2D eigenvalue weighted by atomic mass is 10.4. The van der Waals surface area contributed by atoms with Gasteiger partial charge in [-0.3, -0.25) is 0 Å². The van der Waals surface area contributed by atoms with E-state index in [1.54, 1.807) is 0 Å². The van der Waals surface area contributed by atoms with E-state index in [4.69, 9.17) is 28.4 Å². The highest BCUT2D eigenvalue weighted by Gasteiger charge is 2.25. The van der Waals surface area contributed by atoms with Crippen molar-refractivity contribution in [1.82, 2.24) is 0 Å². The van der Waals surface area contributed by atoms with E-state index in [1.807, 2.05) is 0 Å². The lowest BCUT2D eigenvalue weighted by Crippen LogP contribution is -2.20. The van der Waals surface area contributed by atoms with E-state index in [-0.39, 0.29) is 25.4 Å². The molecule has 2 rings (SSSR count). The zero-order valence-electron chi connectivity index (χ0n) is 13.3. The molecule has 2 heterocycles. The van der Waals surface area contributed by atoms with Crippen LogP contribution in [0, 0.1) is 0 Å². The third kappa shape index (κ3) is 7.77. The summed E-state index contributed by atoms with van der Waals surface area (Å²) in [6.07, 6.45) is -1.97. The predicted molar refractivity (Wildman–Crippen MR) is 75.7 cm³/mol. The van der Waals surface area contributed by atoms with Crippen molar-refractivity contribution in [3.05, 3.63) is 0 Å². The molecule has 24 heavy (non-hydrogen) atoms. The molecule has 0 radical (unpaired) electrons. The molecular formula is C14H22O10. The molecule has 2 unspecified atom stereocenters. The summed E-state index contributed by atoms with van der Waals surface area (Å²) in [7, 11) is 0. The van der Waals surface area contributed by atoms with Gasteiger partial charge in [-0.05, 0) is 0 Å². The van der Waals surface area contributed by atoms with Crippen LogP contribution < -0.4 is 0 Å². The fraction of sp³-hybridized carbons (Fsp3) is 0.857. The van der Waals surface area contributed by atoms with Crippen molar-refractivity contribution in [3.63, 3.8) is 0 Å². The van der Waals surface area contributed by atoms with Gasteiger partial charge in [0.05, 0.1) is 52.9 Å². The molecule has 10 nitrogen and oxygen atoms in total. The molecule has 138 valence electrons. The third-order valence-corrected chi connectivity index (χ3v) is 3.02. The summed E-state index contributed by atoms with van der Waals surface area (Å²) in [5, 5.41) is 0. The summed E-state index contributed by atoms with van der Waals surface area (Å²) < 4.78 is 40.1. The standard InChI is InChI=1S/C14H22O10/c15-13-21-9-11(23-13)7-19-5-3-17-1-2-18-4-6-20-8-12-10-22-14(16)24-12/h11-12H,1-10H2. The van der Waals surface area contributed by atoms with E-state index >= 15 is 0 Å². The normalized spacial score (nSPS) is 22.8. The summed E-state index contributed by atoms with van der Waals surface area (Å²) in [6.45, 7) is 3.59. The second-order valence-electron chi connectivity index (χ2n) is 4.98. The van der Waals surface area contributed by atoms with Crippen LogP contribution in [0.2, 0.25) is 0 Å². The number of cyclic esters (lactones) is 4. The summed E-state index contributed by atoms with van der Waals surface area (Å²) in [6, 6.07) is 0. The van der Waals surface area contributed by atoms with Crippen LogP contribution in [-0.2, 0) is 37.9 Å². The topological polar surface area (TPSA) is 108 Å². The zero-order chi connectivity index (χ0) is 17.0. The maximum atomic E-state index is 10.7. The first-order chi connectivity index (χ1) is 11.7. The van der Waals surface area contributed by atoms with Crippen molar-refractivity contribution in [1.29, 1.82) is 0 Å². The van der Waals surface area contributed by atoms with E-state index in [0.29, 0.717) is 52.9 Å². The summed E-state index contributed by atoms with van der Waals surface area (Å²) >= 11 is 0. The number of hydrogen-bond donors (Lipinski definition) is 0. The fourth-order valence-electron chi connectivity index (χ4n) is 1.88. The molecule has 0 amide bonds. The highest BCUT2D eigenvalue weighted by Crippen LogP contribution is 2.06. The largest absolute Gasteiger partial charge is 0.508 e. The molecule has 0 N–H and O–H groups in total. The van der Waals surface area contributed by atoms with Gasteiger partial charge in [0.1, 0.15) is 13.2 Å². The van der Waals surface area contributed by atoms with Gasteiger partial charge in [0.15, 0.2) is 12.2 Å². The summed E-state index contributed by atoms with van der Waals surface area (Å²) in [5.74, 6) is 0. The zero-order valence-corrected chi connectivity index (χ0v) is 13.3. The molecular weight excluding hydrogens is 328 g/mol. The van der Waals surface area contributed by atoms with E-state index in [0.717, 1.165) is 0 Å². The monoisotopic (exact) mass is 350 g/mol. The molecule has 10 heteroatoms. The van der Waals surface area contributed by atoms with Crippen molar-refractivity contribution < 1.29 is 47.5 Å². The lowest BCUT2D eigenvalue weighted by Gasteiger charge is -2.09. The number of carbonyl (C=O) groups is 2. The molecule has 0 aromatic carbocycles. The number of hydrogen-bond acceptors (Lipinski definition) is 10. The molecule has 0 bridgehead atoms. The molecule has 0 spiro atoms. The van der Waals surface area contributed by atoms with E-state index in [2.05, 4.69) is 9.47 Å². The molecule has 2 saturated heterocycles. The van der Waals surface area contributed by atoms with E-state index in [9.17, 15) is 9.59 Å².